The maximum Gasteiger partial charge on any atom is 0.410 e. The standard InChI is InChI=1S/C17H26BrNO2/c1-6-7-12-19(16(20)21-17(3,4)5)13(2)14-8-10-15(18)11-9-14/h8-11,13H,6-7,12H2,1-5H3/t13-/m0/s1. The predicted molar refractivity (Wildman–Crippen MR) is 90.4 cm³/mol. The number of carbonyl (C=O) groups is 1. The fourth-order valence-corrected chi connectivity index (χ4v) is 2.28. The van der Waals surface area contributed by atoms with Crippen LogP contribution in [0.15, 0.2) is 28.7 Å². The third kappa shape index (κ3) is 6.08. The summed E-state index contributed by atoms with van der Waals surface area (Å²) in [5, 5.41) is 0. The van der Waals surface area contributed by atoms with Crippen molar-refractivity contribution >= 4 is 22.0 Å². The van der Waals surface area contributed by atoms with Crippen LogP contribution in [0.2, 0.25) is 0 Å². The van der Waals surface area contributed by atoms with Crippen molar-refractivity contribution in [1.82, 2.24) is 4.90 Å². The number of amides is 1. The fourth-order valence-electron chi connectivity index (χ4n) is 2.01. The Morgan fingerprint density at radius 2 is 1.86 bits per heavy atom. The number of carbonyl (C=O) groups excluding carboxylic acids is 1. The number of ether oxygens (including phenoxy) is 1. The molecular weight excluding hydrogens is 330 g/mol. The van der Waals surface area contributed by atoms with Gasteiger partial charge in [-0.25, -0.2) is 4.79 Å². The molecule has 1 amide bonds. The molecule has 21 heavy (non-hydrogen) atoms. The molecule has 0 aliphatic carbocycles. The van der Waals surface area contributed by atoms with Crippen LogP contribution in [0.1, 0.15) is 59.1 Å². The quantitative estimate of drug-likeness (QED) is 0.692. The highest BCUT2D eigenvalue weighted by Gasteiger charge is 2.26. The van der Waals surface area contributed by atoms with Crippen molar-refractivity contribution in [3.05, 3.63) is 34.3 Å². The van der Waals surface area contributed by atoms with Crippen LogP contribution in [0.3, 0.4) is 0 Å². The molecule has 0 aromatic heterocycles. The molecule has 0 N–H and O–H groups in total. The lowest BCUT2D eigenvalue weighted by atomic mass is 10.1. The summed E-state index contributed by atoms with van der Waals surface area (Å²) in [6.07, 6.45) is 1.78. The van der Waals surface area contributed by atoms with Crippen LogP contribution in [-0.2, 0) is 4.74 Å². The summed E-state index contributed by atoms with van der Waals surface area (Å²) in [5.41, 5.74) is 0.640. The van der Waals surface area contributed by atoms with Gasteiger partial charge in [0.1, 0.15) is 5.60 Å². The van der Waals surface area contributed by atoms with Crippen LogP contribution < -0.4 is 0 Å². The summed E-state index contributed by atoms with van der Waals surface area (Å²) in [4.78, 5) is 14.3. The van der Waals surface area contributed by atoms with Gasteiger partial charge in [0.05, 0.1) is 6.04 Å². The first-order valence-corrected chi connectivity index (χ1v) is 8.29. The SMILES string of the molecule is CCCCN(C(=O)OC(C)(C)C)[C@@H](C)c1ccc(Br)cc1. The Morgan fingerprint density at radius 1 is 1.29 bits per heavy atom. The molecule has 1 aromatic carbocycles. The van der Waals surface area contributed by atoms with Gasteiger partial charge in [0.25, 0.3) is 0 Å². The Balaban J connectivity index is 2.90. The maximum atomic E-state index is 12.4. The number of rotatable bonds is 5. The molecule has 0 saturated carbocycles. The van der Waals surface area contributed by atoms with Gasteiger partial charge in [0.2, 0.25) is 0 Å². The fraction of sp³-hybridized carbons (Fsp3) is 0.588. The molecule has 3 nitrogen and oxygen atoms in total. The van der Waals surface area contributed by atoms with Gasteiger partial charge < -0.3 is 9.64 Å². The Hall–Kier alpha value is -1.03. The van der Waals surface area contributed by atoms with E-state index >= 15 is 0 Å². The minimum Gasteiger partial charge on any atom is -0.444 e. The first-order valence-electron chi connectivity index (χ1n) is 7.49. The van der Waals surface area contributed by atoms with E-state index in [-0.39, 0.29) is 12.1 Å². The Kier molecular flexibility index (Phi) is 6.72. The zero-order valence-electron chi connectivity index (χ0n) is 13.6. The molecule has 1 rings (SSSR count). The van der Waals surface area contributed by atoms with Gasteiger partial charge >= 0.3 is 6.09 Å². The lowest BCUT2D eigenvalue weighted by molar-refractivity contribution is 0.0170. The van der Waals surface area contributed by atoms with E-state index in [4.69, 9.17) is 4.74 Å². The van der Waals surface area contributed by atoms with Gasteiger partial charge in [-0.2, -0.15) is 0 Å². The van der Waals surface area contributed by atoms with Crippen molar-refractivity contribution in [2.75, 3.05) is 6.54 Å². The number of halogens is 1. The second kappa shape index (κ2) is 7.83. The zero-order chi connectivity index (χ0) is 16.0. The second-order valence-corrected chi connectivity index (χ2v) is 7.17. The van der Waals surface area contributed by atoms with Crippen LogP contribution in [0.25, 0.3) is 0 Å². The minimum atomic E-state index is -0.471. The Morgan fingerprint density at radius 3 is 2.33 bits per heavy atom. The molecule has 0 spiro atoms. The number of benzene rings is 1. The topological polar surface area (TPSA) is 29.5 Å². The number of hydrogen-bond acceptors (Lipinski definition) is 2. The largest absolute Gasteiger partial charge is 0.444 e. The lowest BCUT2D eigenvalue weighted by Gasteiger charge is -2.32. The molecule has 0 bridgehead atoms. The highest BCUT2D eigenvalue weighted by atomic mass is 79.9. The summed E-state index contributed by atoms with van der Waals surface area (Å²) in [6.45, 7) is 10.6. The monoisotopic (exact) mass is 355 g/mol. The summed E-state index contributed by atoms with van der Waals surface area (Å²) in [5.74, 6) is 0. The molecule has 0 aliphatic heterocycles. The molecule has 0 aliphatic rings. The van der Waals surface area contributed by atoms with Gasteiger partial charge in [-0.15, -0.1) is 0 Å². The normalized spacial score (nSPS) is 12.9. The summed E-state index contributed by atoms with van der Waals surface area (Å²) in [7, 11) is 0. The number of nitrogens with zero attached hydrogens (tertiary/aromatic N) is 1. The van der Waals surface area contributed by atoms with Crippen molar-refractivity contribution in [2.24, 2.45) is 0 Å². The summed E-state index contributed by atoms with van der Waals surface area (Å²) in [6, 6.07) is 8.08. The Labute approximate surface area is 136 Å². The van der Waals surface area contributed by atoms with Gasteiger partial charge in [0, 0.05) is 11.0 Å². The van der Waals surface area contributed by atoms with Crippen molar-refractivity contribution in [3.63, 3.8) is 0 Å². The van der Waals surface area contributed by atoms with E-state index in [1.807, 2.05) is 56.9 Å². The van der Waals surface area contributed by atoms with E-state index in [1.165, 1.54) is 0 Å². The summed E-state index contributed by atoms with van der Waals surface area (Å²) < 4.78 is 6.58. The van der Waals surface area contributed by atoms with E-state index in [0.717, 1.165) is 22.9 Å². The average molecular weight is 356 g/mol. The molecule has 4 heteroatoms. The van der Waals surface area contributed by atoms with Gasteiger partial charge in [-0.05, 0) is 51.8 Å². The van der Waals surface area contributed by atoms with E-state index in [0.29, 0.717) is 6.54 Å². The third-order valence-corrected chi connectivity index (χ3v) is 3.73. The highest BCUT2D eigenvalue weighted by Crippen LogP contribution is 2.24. The first-order chi connectivity index (χ1) is 9.74. The highest BCUT2D eigenvalue weighted by molar-refractivity contribution is 9.10. The smallest absolute Gasteiger partial charge is 0.410 e. The molecule has 0 saturated heterocycles. The number of hydrogen-bond donors (Lipinski definition) is 0. The molecule has 118 valence electrons. The molecule has 1 aromatic rings. The van der Waals surface area contributed by atoms with Gasteiger partial charge in [-0.1, -0.05) is 41.4 Å². The number of unbranched alkanes of at least 4 members (excludes halogenated alkanes) is 1. The van der Waals surface area contributed by atoms with Gasteiger partial charge in [-0.3, -0.25) is 0 Å². The van der Waals surface area contributed by atoms with Crippen LogP contribution in [-0.4, -0.2) is 23.1 Å². The van der Waals surface area contributed by atoms with Crippen molar-refractivity contribution < 1.29 is 9.53 Å². The van der Waals surface area contributed by atoms with E-state index in [9.17, 15) is 4.79 Å². The van der Waals surface area contributed by atoms with Crippen LogP contribution >= 0.6 is 15.9 Å². The van der Waals surface area contributed by atoms with E-state index < -0.39 is 5.60 Å². The molecule has 0 heterocycles. The predicted octanol–water partition coefficient (Wildman–Crippen LogP) is 5.55. The molecule has 0 unspecified atom stereocenters. The van der Waals surface area contributed by atoms with Crippen molar-refractivity contribution in [3.8, 4) is 0 Å². The molecule has 1 atom stereocenters. The third-order valence-electron chi connectivity index (χ3n) is 3.20. The molecular formula is C17H26BrNO2. The summed E-state index contributed by atoms with van der Waals surface area (Å²) >= 11 is 3.44. The lowest BCUT2D eigenvalue weighted by Crippen LogP contribution is -2.39. The molecule has 0 radical (unpaired) electrons. The zero-order valence-corrected chi connectivity index (χ0v) is 15.2. The first kappa shape index (κ1) is 18.0. The van der Waals surface area contributed by atoms with E-state index in [1.54, 1.807) is 0 Å². The molecule has 0 fully saturated rings. The van der Waals surface area contributed by atoms with Crippen molar-refractivity contribution in [2.45, 2.75) is 59.1 Å². The van der Waals surface area contributed by atoms with Crippen LogP contribution in [0.4, 0.5) is 4.79 Å². The van der Waals surface area contributed by atoms with Crippen molar-refractivity contribution in [1.29, 1.82) is 0 Å². The van der Waals surface area contributed by atoms with Gasteiger partial charge in [0.15, 0.2) is 0 Å². The second-order valence-electron chi connectivity index (χ2n) is 6.25. The van der Waals surface area contributed by atoms with Crippen LogP contribution in [0.5, 0.6) is 0 Å². The Bertz CT molecular complexity index is 451. The van der Waals surface area contributed by atoms with Crippen LogP contribution in [0, 0.1) is 0 Å². The minimum absolute atomic E-state index is 0.000463. The average Bonchev–Trinajstić information content (AvgIpc) is 2.37. The van der Waals surface area contributed by atoms with E-state index in [2.05, 4.69) is 22.9 Å². The maximum absolute atomic E-state index is 12.4.